The van der Waals surface area contributed by atoms with E-state index in [1.165, 1.54) is 0 Å². The van der Waals surface area contributed by atoms with Gasteiger partial charge in [-0.25, -0.2) is 9.97 Å². The van der Waals surface area contributed by atoms with Gasteiger partial charge in [-0.1, -0.05) is 27.2 Å². The average molecular weight is 221 g/mol. The Bertz CT molecular complexity index is 345. The molecule has 0 aliphatic rings. The molecular formula is C13H23N3. The highest BCUT2D eigenvalue weighted by Crippen LogP contribution is 2.18. The van der Waals surface area contributed by atoms with Crippen LogP contribution in [0.15, 0.2) is 6.07 Å². The summed E-state index contributed by atoms with van der Waals surface area (Å²) >= 11 is 0. The summed E-state index contributed by atoms with van der Waals surface area (Å²) in [6.45, 7) is 9.16. The van der Waals surface area contributed by atoms with Crippen LogP contribution in [0, 0.1) is 12.3 Å². The van der Waals surface area contributed by atoms with Crippen molar-refractivity contribution in [3.63, 3.8) is 0 Å². The van der Waals surface area contributed by atoms with Gasteiger partial charge in [0.25, 0.3) is 0 Å². The number of rotatable bonds is 5. The first-order valence-electron chi connectivity index (χ1n) is 6.00. The molecule has 0 radical (unpaired) electrons. The molecule has 0 aromatic carbocycles. The summed E-state index contributed by atoms with van der Waals surface area (Å²) in [4.78, 5) is 9.07. The summed E-state index contributed by atoms with van der Waals surface area (Å²) < 4.78 is 0. The largest absolute Gasteiger partial charge is 0.330 e. The van der Waals surface area contributed by atoms with Crippen LogP contribution in [-0.4, -0.2) is 16.5 Å². The lowest BCUT2D eigenvalue weighted by Gasteiger charge is -2.21. The van der Waals surface area contributed by atoms with Crippen molar-refractivity contribution in [1.29, 1.82) is 0 Å². The summed E-state index contributed by atoms with van der Waals surface area (Å²) in [6.07, 6.45) is 3.00. The normalized spacial score (nSPS) is 11.8. The fraction of sp³-hybridized carbons (Fsp3) is 0.692. The Kier molecular flexibility index (Phi) is 4.42. The summed E-state index contributed by atoms with van der Waals surface area (Å²) in [5, 5.41) is 0. The third kappa shape index (κ3) is 3.89. The van der Waals surface area contributed by atoms with Gasteiger partial charge >= 0.3 is 0 Å². The Morgan fingerprint density at radius 3 is 2.56 bits per heavy atom. The number of hydrogen-bond acceptors (Lipinski definition) is 3. The average Bonchev–Trinajstić information content (AvgIpc) is 2.16. The molecule has 1 aromatic heterocycles. The standard InChI is InChI=1S/C13H23N3/c1-5-6-11-7-10(2)15-12(16-11)8-13(3,4)9-14/h7H,5-6,8-9,14H2,1-4H3. The van der Waals surface area contributed by atoms with E-state index >= 15 is 0 Å². The second-order valence-electron chi connectivity index (χ2n) is 5.21. The summed E-state index contributed by atoms with van der Waals surface area (Å²) in [7, 11) is 0. The van der Waals surface area contributed by atoms with Gasteiger partial charge in [0.2, 0.25) is 0 Å². The monoisotopic (exact) mass is 221 g/mol. The van der Waals surface area contributed by atoms with Crippen molar-refractivity contribution in [1.82, 2.24) is 9.97 Å². The molecule has 0 saturated carbocycles. The van der Waals surface area contributed by atoms with Crippen molar-refractivity contribution in [3.05, 3.63) is 23.3 Å². The molecule has 0 saturated heterocycles. The van der Waals surface area contributed by atoms with E-state index in [-0.39, 0.29) is 5.41 Å². The lowest BCUT2D eigenvalue weighted by Crippen LogP contribution is -2.27. The topological polar surface area (TPSA) is 51.8 Å². The highest BCUT2D eigenvalue weighted by Gasteiger charge is 2.18. The van der Waals surface area contributed by atoms with Crippen LogP contribution in [0.3, 0.4) is 0 Å². The van der Waals surface area contributed by atoms with E-state index in [0.717, 1.165) is 36.5 Å². The minimum Gasteiger partial charge on any atom is -0.330 e. The number of hydrogen-bond donors (Lipinski definition) is 1. The first-order valence-corrected chi connectivity index (χ1v) is 6.00. The molecule has 0 spiro atoms. The molecule has 0 bridgehead atoms. The highest BCUT2D eigenvalue weighted by molar-refractivity contribution is 5.11. The Morgan fingerprint density at radius 2 is 2.00 bits per heavy atom. The van der Waals surface area contributed by atoms with E-state index in [4.69, 9.17) is 5.73 Å². The van der Waals surface area contributed by atoms with E-state index in [1.54, 1.807) is 0 Å². The van der Waals surface area contributed by atoms with E-state index in [2.05, 4.69) is 36.8 Å². The number of nitrogens with two attached hydrogens (primary N) is 1. The zero-order valence-corrected chi connectivity index (χ0v) is 10.9. The van der Waals surface area contributed by atoms with Crippen molar-refractivity contribution in [2.45, 2.75) is 47.0 Å². The lowest BCUT2D eigenvalue weighted by atomic mass is 9.89. The molecule has 0 fully saturated rings. The van der Waals surface area contributed by atoms with Gasteiger partial charge < -0.3 is 5.73 Å². The third-order valence-corrected chi connectivity index (χ3v) is 2.65. The van der Waals surface area contributed by atoms with Crippen molar-refractivity contribution < 1.29 is 0 Å². The molecule has 1 heterocycles. The van der Waals surface area contributed by atoms with Crippen molar-refractivity contribution in [2.24, 2.45) is 11.1 Å². The quantitative estimate of drug-likeness (QED) is 0.829. The maximum Gasteiger partial charge on any atom is 0.129 e. The van der Waals surface area contributed by atoms with Gasteiger partial charge in [0.1, 0.15) is 5.82 Å². The molecule has 3 heteroatoms. The Morgan fingerprint density at radius 1 is 1.31 bits per heavy atom. The minimum absolute atomic E-state index is 0.0806. The molecule has 0 aliphatic heterocycles. The predicted molar refractivity (Wildman–Crippen MR) is 67.3 cm³/mol. The molecule has 90 valence electrons. The molecule has 3 nitrogen and oxygen atoms in total. The number of nitrogens with zero attached hydrogens (tertiary/aromatic N) is 2. The minimum atomic E-state index is 0.0806. The van der Waals surface area contributed by atoms with Crippen molar-refractivity contribution in [3.8, 4) is 0 Å². The van der Waals surface area contributed by atoms with Crippen molar-refractivity contribution in [2.75, 3.05) is 6.54 Å². The molecule has 0 amide bonds. The summed E-state index contributed by atoms with van der Waals surface area (Å²) in [6, 6.07) is 2.07. The van der Waals surface area contributed by atoms with E-state index < -0.39 is 0 Å². The van der Waals surface area contributed by atoms with Gasteiger partial charge in [0.05, 0.1) is 0 Å². The molecule has 0 aliphatic carbocycles. The van der Waals surface area contributed by atoms with Gasteiger partial charge in [-0.2, -0.15) is 0 Å². The van der Waals surface area contributed by atoms with Gasteiger partial charge in [-0.05, 0) is 31.4 Å². The van der Waals surface area contributed by atoms with Crippen LogP contribution in [0.2, 0.25) is 0 Å². The first kappa shape index (κ1) is 13.1. The Labute approximate surface area is 98.5 Å². The fourth-order valence-corrected chi connectivity index (χ4v) is 1.66. The molecular weight excluding hydrogens is 198 g/mol. The summed E-state index contributed by atoms with van der Waals surface area (Å²) in [5.41, 5.74) is 8.02. The van der Waals surface area contributed by atoms with Crippen LogP contribution in [0.1, 0.15) is 44.4 Å². The molecule has 0 atom stereocenters. The van der Waals surface area contributed by atoms with Crippen LogP contribution < -0.4 is 5.73 Å². The van der Waals surface area contributed by atoms with Gasteiger partial charge in [-0.15, -0.1) is 0 Å². The van der Waals surface area contributed by atoms with Crippen LogP contribution in [0.5, 0.6) is 0 Å². The van der Waals surface area contributed by atoms with Crippen LogP contribution >= 0.6 is 0 Å². The maximum atomic E-state index is 5.73. The van der Waals surface area contributed by atoms with Gasteiger partial charge in [-0.3, -0.25) is 0 Å². The number of aryl methyl sites for hydroxylation is 2. The molecule has 1 rings (SSSR count). The van der Waals surface area contributed by atoms with Crippen LogP contribution in [0.4, 0.5) is 0 Å². The predicted octanol–water partition coefficient (Wildman–Crippen LogP) is 2.26. The lowest BCUT2D eigenvalue weighted by molar-refractivity contribution is 0.367. The molecule has 0 unspecified atom stereocenters. The first-order chi connectivity index (χ1) is 7.46. The van der Waals surface area contributed by atoms with Crippen LogP contribution in [0.25, 0.3) is 0 Å². The van der Waals surface area contributed by atoms with E-state index in [9.17, 15) is 0 Å². The van der Waals surface area contributed by atoms with Gasteiger partial charge in [0, 0.05) is 17.8 Å². The van der Waals surface area contributed by atoms with Gasteiger partial charge in [0.15, 0.2) is 0 Å². The zero-order valence-electron chi connectivity index (χ0n) is 10.9. The highest BCUT2D eigenvalue weighted by atomic mass is 14.9. The second-order valence-corrected chi connectivity index (χ2v) is 5.21. The summed E-state index contributed by atoms with van der Waals surface area (Å²) in [5.74, 6) is 0.930. The third-order valence-electron chi connectivity index (χ3n) is 2.65. The Balaban J connectivity index is 2.87. The SMILES string of the molecule is CCCc1cc(C)nc(CC(C)(C)CN)n1. The number of aromatic nitrogens is 2. The molecule has 16 heavy (non-hydrogen) atoms. The Hall–Kier alpha value is -0.960. The van der Waals surface area contributed by atoms with Crippen molar-refractivity contribution >= 4 is 0 Å². The fourth-order valence-electron chi connectivity index (χ4n) is 1.66. The maximum absolute atomic E-state index is 5.73. The molecule has 1 aromatic rings. The van der Waals surface area contributed by atoms with Crippen LogP contribution in [-0.2, 0) is 12.8 Å². The zero-order chi connectivity index (χ0) is 12.2. The molecule has 2 N–H and O–H groups in total. The smallest absolute Gasteiger partial charge is 0.129 e. The van der Waals surface area contributed by atoms with E-state index in [0.29, 0.717) is 6.54 Å². The second kappa shape index (κ2) is 5.39. The van der Waals surface area contributed by atoms with E-state index in [1.807, 2.05) is 6.92 Å².